The minimum Gasteiger partial charge on any atom is -0.500 e. The van der Waals surface area contributed by atoms with Crippen molar-refractivity contribution >= 4 is 8.32 Å². The van der Waals surface area contributed by atoms with Gasteiger partial charge in [-0.25, -0.2) is 0 Å². The predicted molar refractivity (Wildman–Crippen MR) is 115 cm³/mol. The quantitative estimate of drug-likeness (QED) is 0.208. The summed E-state index contributed by atoms with van der Waals surface area (Å²) in [6.45, 7) is 16.0. The second-order valence-corrected chi connectivity index (χ2v) is 13.4. The molecule has 0 rings (SSSR count). The molecule has 1 nitrogen and oxygen atoms in total. The monoisotopic (exact) mass is 362 g/mol. The van der Waals surface area contributed by atoms with Crippen LogP contribution in [0, 0.1) is 23.9 Å². The third-order valence-electron chi connectivity index (χ3n) is 5.16. The molecule has 0 fully saturated rings. The van der Waals surface area contributed by atoms with Crippen molar-refractivity contribution in [1.29, 1.82) is 0 Å². The number of hydrogen-bond donors (Lipinski definition) is 0. The highest BCUT2D eigenvalue weighted by atomic mass is 28.4. The zero-order valence-electron chi connectivity index (χ0n) is 18.0. The van der Waals surface area contributed by atoms with Gasteiger partial charge in [0.15, 0.2) is 0 Å². The molecule has 0 aliphatic rings. The molecule has 0 aromatic carbocycles. The standard InChI is InChI=1S/C23H42OSi/c1-8-9-10-11-12-13-14-15-16-17-18-19-20-24-25(21(2)3,22(4)5)23(6)7/h21-23H,8-14,17-18H2,1-7H3. The summed E-state index contributed by atoms with van der Waals surface area (Å²) in [5, 5.41) is 0. The van der Waals surface area contributed by atoms with Crippen LogP contribution in [0.5, 0.6) is 0 Å². The molecule has 144 valence electrons. The second-order valence-electron chi connectivity index (χ2n) is 8.07. The van der Waals surface area contributed by atoms with E-state index in [0.717, 1.165) is 19.3 Å². The summed E-state index contributed by atoms with van der Waals surface area (Å²) in [5.41, 5.74) is 1.75. The Morgan fingerprint density at radius 2 is 1.12 bits per heavy atom. The van der Waals surface area contributed by atoms with Gasteiger partial charge in [-0.3, -0.25) is 0 Å². The van der Waals surface area contributed by atoms with E-state index in [0.29, 0.717) is 16.6 Å². The van der Waals surface area contributed by atoms with Gasteiger partial charge in [-0.2, -0.15) is 0 Å². The summed E-state index contributed by atoms with van der Waals surface area (Å²) < 4.78 is 6.24. The first kappa shape index (κ1) is 24.1. The molecule has 0 bridgehead atoms. The van der Waals surface area contributed by atoms with Crippen molar-refractivity contribution in [3.05, 3.63) is 0 Å². The lowest BCUT2D eigenvalue weighted by Crippen LogP contribution is -2.46. The third-order valence-corrected chi connectivity index (χ3v) is 11.0. The molecule has 0 aliphatic carbocycles. The maximum atomic E-state index is 6.24. The number of hydrogen-bond acceptors (Lipinski definition) is 1. The number of unbranched alkanes of at least 4 members (excludes halogenated alkanes) is 7. The molecule has 0 N–H and O–H groups in total. The van der Waals surface area contributed by atoms with E-state index in [1.54, 1.807) is 0 Å². The summed E-state index contributed by atoms with van der Waals surface area (Å²) in [4.78, 5) is 0. The average Bonchev–Trinajstić information content (AvgIpc) is 2.54. The van der Waals surface area contributed by atoms with E-state index in [4.69, 9.17) is 4.43 Å². The van der Waals surface area contributed by atoms with Crippen LogP contribution >= 0.6 is 0 Å². The minimum absolute atomic E-state index is 0.582. The van der Waals surface area contributed by atoms with E-state index in [-0.39, 0.29) is 0 Å². The molecule has 0 aromatic heterocycles. The van der Waals surface area contributed by atoms with Crippen molar-refractivity contribution < 1.29 is 4.43 Å². The van der Waals surface area contributed by atoms with Gasteiger partial charge in [0.05, 0.1) is 6.11 Å². The Bertz CT molecular complexity index is 420. The molecular formula is C23H42OSi. The van der Waals surface area contributed by atoms with Crippen LogP contribution < -0.4 is 0 Å². The van der Waals surface area contributed by atoms with Gasteiger partial charge in [-0.05, 0) is 23.0 Å². The molecule has 0 spiro atoms. The third kappa shape index (κ3) is 9.41. The topological polar surface area (TPSA) is 9.23 Å². The van der Waals surface area contributed by atoms with E-state index in [9.17, 15) is 0 Å². The van der Waals surface area contributed by atoms with Crippen molar-refractivity contribution in [3.63, 3.8) is 0 Å². The number of rotatable bonds is 11. The molecule has 25 heavy (non-hydrogen) atoms. The van der Waals surface area contributed by atoms with Crippen LogP contribution in [0.4, 0.5) is 0 Å². The van der Waals surface area contributed by atoms with Gasteiger partial charge in [-0.1, -0.05) is 86.5 Å². The molecule has 0 saturated heterocycles. The summed E-state index contributed by atoms with van der Waals surface area (Å²) >= 11 is 0. The van der Waals surface area contributed by atoms with Gasteiger partial charge >= 0.3 is 0 Å². The molecule has 0 unspecified atom stereocenters. The van der Waals surface area contributed by atoms with Crippen molar-refractivity contribution in [3.8, 4) is 23.9 Å². The van der Waals surface area contributed by atoms with Gasteiger partial charge in [0.25, 0.3) is 8.32 Å². The maximum absolute atomic E-state index is 6.24. The minimum atomic E-state index is -1.84. The van der Waals surface area contributed by atoms with E-state index >= 15 is 0 Å². The van der Waals surface area contributed by atoms with Crippen molar-refractivity contribution in [2.75, 3.05) is 0 Å². The van der Waals surface area contributed by atoms with Crippen molar-refractivity contribution in [2.24, 2.45) is 0 Å². The molecule has 0 heterocycles. The summed E-state index contributed by atoms with van der Waals surface area (Å²) in [6, 6.07) is 0. The maximum Gasteiger partial charge on any atom is 0.272 e. The highest BCUT2D eigenvalue weighted by Gasteiger charge is 2.46. The average molecular weight is 363 g/mol. The Morgan fingerprint density at radius 1 is 0.640 bits per heavy atom. The van der Waals surface area contributed by atoms with E-state index < -0.39 is 8.32 Å². The lowest BCUT2D eigenvalue weighted by molar-refractivity contribution is 0.446. The summed E-state index contributed by atoms with van der Waals surface area (Å²) in [7, 11) is -1.84. The molecule has 0 radical (unpaired) electrons. The van der Waals surface area contributed by atoms with Crippen LogP contribution in [0.2, 0.25) is 16.6 Å². The highest BCUT2D eigenvalue weighted by Crippen LogP contribution is 2.41. The Kier molecular flexibility index (Phi) is 13.8. The second kappa shape index (κ2) is 14.3. The molecule has 0 amide bonds. The van der Waals surface area contributed by atoms with Crippen LogP contribution in [0.25, 0.3) is 0 Å². The van der Waals surface area contributed by atoms with Crippen LogP contribution in [0.1, 0.15) is 106 Å². The normalized spacial score (nSPS) is 11.3. The molecule has 0 saturated carbocycles. The van der Waals surface area contributed by atoms with Gasteiger partial charge in [-0.15, -0.1) is 11.8 Å². The Labute approximate surface area is 159 Å². The molecule has 0 aromatic rings. The first-order valence-electron chi connectivity index (χ1n) is 10.5. The first-order valence-corrected chi connectivity index (χ1v) is 12.6. The van der Waals surface area contributed by atoms with Gasteiger partial charge < -0.3 is 4.43 Å². The van der Waals surface area contributed by atoms with E-state index in [1.165, 1.54) is 38.5 Å². The van der Waals surface area contributed by atoms with Crippen LogP contribution in [-0.4, -0.2) is 8.32 Å². The smallest absolute Gasteiger partial charge is 0.272 e. The zero-order chi connectivity index (χ0) is 19.1. The highest BCUT2D eigenvalue weighted by molar-refractivity contribution is 6.77. The largest absolute Gasteiger partial charge is 0.500 e. The van der Waals surface area contributed by atoms with Crippen LogP contribution in [0.3, 0.4) is 0 Å². The van der Waals surface area contributed by atoms with E-state index in [2.05, 4.69) is 72.3 Å². The summed E-state index contributed by atoms with van der Waals surface area (Å²) in [5.74, 6) is 9.74. The fourth-order valence-corrected chi connectivity index (χ4v) is 8.78. The lowest BCUT2D eigenvalue weighted by Gasteiger charge is -2.39. The van der Waals surface area contributed by atoms with Gasteiger partial charge in [0.2, 0.25) is 0 Å². The van der Waals surface area contributed by atoms with E-state index in [1.807, 2.05) is 0 Å². The fraction of sp³-hybridized carbons (Fsp3) is 0.826. The van der Waals surface area contributed by atoms with Gasteiger partial charge in [0, 0.05) is 19.3 Å². The van der Waals surface area contributed by atoms with Crippen LogP contribution in [-0.2, 0) is 4.43 Å². The summed E-state index contributed by atoms with van der Waals surface area (Å²) in [6.07, 6.45) is 13.8. The Balaban J connectivity index is 4.10. The first-order chi connectivity index (χ1) is 11.9. The fourth-order valence-electron chi connectivity index (χ4n) is 3.82. The SMILES string of the molecule is CCCCCCCCC#CCCC#CO[Si](C(C)C)(C(C)C)C(C)C. The van der Waals surface area contributed by atoms with Crippen molar-refractivity contribution in [1.82, 2.24) is 0 Å². The molecule has 0 atom stereocenters. The lowest BCUT2D eigenvalue weighted by atomic mass is 10.1. The molecule has 2 heteroatoms. The van der Waals surface area contributed by atoms with Crippen molar-refractivity contribution in [2.45, 2.75) is 123 Å². The Hall–Kier alpha value is -0.863. The zero-order valence-corrected chi connectivity index (χ0v) is 19.0. The molecule has 0 aliphatic heterocycles. The predicted octanol–water partition coefficient (Wildman–Crippen LogP) is 7.67. The Morgan fingerprint density at radius 3 is 1.68 bits per heavy atom. The van der Waals surface area contributed by atoms with Crippen LogP contribution in [0.15, 0.2) is 0 Å². The van der Waals surface area contributed by atoms with Gasteiger partial charge in [0.1, 0.15) is 0 Å². The molecular weight excluding hydrogens is 320 g/mol.